The van der Waals surface area contributed by atoms with Crippen molar-refractivity contribution in [2.24, 2.45) is 0 Å². The summed E-state index contributed by atoms with van der Waals surface area (Å²) in [4.78, 5) is 10.7. The Morgan fingerprint density at radius 2 is 2.06 bits per heavy atom. The number of rotatable bonds is 3. The smallest absolute Gasteiger partial charge is 0.320 e. The molecule has 0 bridgehead atoms. The minimum atomic E-state index is -0.995. The largest absolute Gasteiger partial charge is 0.483 e. The summed E-state index contributed by atoms with van der Waals surface area (Å²) < 4.78 is 31.7. The van der Waals surface area contributed by atoms with E-state index in [4.69, 9.17) is 9.84 Å². The Kier molecular flexibility index (Phi) is 3.23. The number of carboxylic acids is 1. The Morgan fingerprint density at radius 1 is 1.41 bits per heavy atom. The molecule has 2 atom stereocenters. The summed E-state index contributed by atoms with van der Waals surface area (Å²) in [6, 6.07) is 2.70. The van der Waals surface area contributed by atoms with E-state index in [9.17, 15) is 13.6 Å². The zero-order chi connectivity index (χ0) is 12.4. The predicted octanol–water partition coefficient (Wildman–Crippen LogP) is 1.16. The van der Waals surface area contributed by atoms with Crippen molar-refractivity contribution in [3.8, 4) is 5.75 Å². The van der Waals surface area contributed by atoms with Crippen molar-refractivity contribution < 1.29 is 23.4 Å². The number of aliphatic carboxylic acids is 1. The van der Waals surface area contributed by atoms with Gasteiger partial charge in [-0.2, -0.15) is 0 Å². The Labute approximate surface area is 96.2 Å². The van der Waals surface area contributed by atoms with Gasteiger partial charge in [0.05, 0.1) is 0 Å². The quantitative estimate of drug-likeness (QED) is 0.836. The van der Waals surface area contributed by atoms with Gasteiger partial charge < -0.3 is 15.2 Å². The molecule has 17 heavy (non-hydrogen) atoms. The van der Waals surface area contributed by atoms with E-state index in [-0.39, 0.29) is 13.0 Å². The summed E-state index contributed by atoms with van der Waals surface area (Å²) in [5.41, 5.74) is 0. The van der Waals surface area contributed by atoms with Crippen LogP contribution in [0.5, 0.6) is 5.75 Å². The number of para-hydroxylation sites is 1. The predicted molar refractivity (Wildman–Crippen MR) is 54.8 cm³/mol. The molecule has 92 valence electrons. The third-order valence-corrected chi connectivity index (χ3v) is 2.59. The first-order valence-electron chi connectivity index (χ1n) is 5.15. The Hall–Kier alpha value is -1.69. The van der Waals surface area contributed by atoms with Crippen molar-refractivity contribution in [2.45, 2.75) is 18.6 Å². The Balaban J connectivity index is 2.05. The lowest BCUT2D eigenvalue weighted by molar-refractivity contribution is -0.139. The molecule has 2 N–H and O–H groups in total. The molecule has 1 aromatic rings. The fraction of sp³-hybridized carbons (Fsp3) is 0.364. The van der Waals surface area contributed by atoms with Crippen LogP contribution >= 0.6 is 0 Å². The van der Waals surface area contributed by atoms with E-state index in [1.807, 2.05) is 0 Å². The molecule has 1 aromatic carbocycles. The lowest BCUT2D eigenvalue weighted by atomic mass is 10.2. The monoisotopic (exact) mass is 243 g/mol. The first-order chi connectivity index (χ1) is 8.08. The average Bonchev–Trinajstić information content (AvgIpc) is 2.72. The molecular weight excluding hydrogens is 232 g/mol. The van der Waals surface area contributed by atoms with Gasteiger partial charge in [-0.25, -0.2) is 8.78 Å². The number of hydrogen-bond acceptors (Lipinski definition) is 3. The van der Waals surface area contributed by atoms with E-state index >= 15 is 0 Å². The molecule has 0 aromatic heterocycles. The highest BCUT2D eigenvalue weighted by Gasteiger charge is 2.31. The molecule has 2 rings (SSSR count). The van der Waals surface area contributed by atoms with Crippen LogP contribution in [0.1, 0.15) is 6.42 Å². The second-order valence-electron chi connectivity index (χ2n) is 3.83. The van der Waals surface area contributed by atoms with Crippen LogP contribution in [0.3, 0.4) is 0 Å². The molecule has 6 heteroatoms. The molecule has 1 heterocycles. The Morgan fingerprint density at radius 3 is 2.59 bits per heavy atom. The summed E-state index contributed by atoms with van der Waals surface area (Å²) in [5.74, 6) is -3.03. The van der Waals surface area contributed by atoms with Crippen molar-refractivity contribution in [2.75, 3.05) is 6.54 Å². The second-order valence-corrected chi connectivity index (χ2v) is 3.83. The van der Waals surface area contributed by atoms with E-state index in [0.29, 0.717) is 0 Å². The normalized spacial score (nSPS) is 23.6. The van der Waals surface area contributed by atoms with Gasteiger partial charge in [-0.3, -0.25) is 4.79 Å². The van der Waals surface area contributed by atoms with Gasteiger partial charge in [0.1, 0.15) is 12.1 Å². The summed E-state index contributed by atoms with van der Waals surface area (Å²) in [6.45, 7) is 0.255. The number of ether oxygens (including phenoxy) is 1. The van der Waals surface area contributed by atoms with E-state index < -0.39 is 35.5 Å². The van der Waals surface area contributed by atoms with Gasteiger partial charge in [-0.1, -0.05) is 6.07 Å². The van der Waals surface area contributed by atoms with Crippen LogP contribution in [0.15, 0.2) is 18.2 Å². The van der Waals surface area contributed by atoms with E-state index in [2.05, 4.69) is 5.32 Å². The third-order valence-electron chi connectivity index (χ3n) is 2.59. The van der Waals surface area contributed by atoms with Crippen LogP contribution in [0.25, 0.3) is 0 Å². The van der Waals surface area contributed by atoms with Crippen LogP contribution in [-0.2, 0) is 4.79 Å². The number of halogens is 2. The highest BCUT2D eigenvalue weighted by molar-refractivity contribution is 5.73. The van der Waals surface area contributed by atoms with E-state index in [1.54, 1.807) is 0 Å². The van der Waals surface area contributed by atoms with Gasteiger partial charge in [-0.05, 0) is 12.1 Å². The van der Waals surface area contributed by atoms with Crippen LogP contribution in [0.4, 0.5) is 8.78 Å². The maximum absolute atomic E-state index is 13.3. The van der Waals surface area contributed by atoms with Crippen molar-refractivity contribution in [1.29, 1.82) is 0 Å². The summed E-state index contributed by atoms with van der Waals surface area (Å²) >= 11 is 0. The van der Waals surface area contributed by atoms with Gasteiger partial charge in [0.15, 0.2) is 17.4 Å². The number of hydrogen-bond donors (Lipinski definition) is 2. The topological polar surface area (TPSA) is 58.6 Å². The number of nitrogens with one attached hydrogen (secondary N) is 1. The average molecular weight is 243 g/mol. The van der Waals surface area contributed by atoms with Crippen molar-refractivity contribution >= 4 is 5.97 Å². The number of carboxylic acid groups (broad SMARTS) is 1. The third kappa shape index (κ3) is 2.52. The molecular formula is C11H11F2NO3. The lowest BCUT2D eigenvalue weighted by Gasteiger charge is -2.13. The summed E-state index contributed by atoms with van der Waals surface area (Å²) in [7, 11) is 0. The van der Waals surface area contributed by atoms with Crippen LogP contribution in [0, 0.1) is 11.6 Å². The van der Waals surface area contributed by atoms with E-state index in [1.165, 1.54) is 6.07 Å². The standard InChI is InChI=1S/C11H11F2NO3/c12-7-2-1-3-8(13)10(7)17-6-4-9(11(15)16)14-5-6/h1-3,6,9,14H,4-5H2,(H,15,16). The second kappa shape index (κ2) is 4.67. The maximum Gasteiger partial charge on any atom is 0.320 e. The number of benzene rings is 1. The molecule has 4 nitrogen and oxygen atoms in total. The van der Waals surface area contributed by atoms with Crippen LogP contribution < -0.4 is 10.1 Å². The summed E-state index contributed by atoms with van der Waals surface area (Å²) in [6.07, 6.45) is -0.356. The van der Waals surface area contributed by atoms with Crippen LogP contribution in [-0.4, -0.2) is 29.8 Å². The zero-order valence-electron chi connectivity index (χ0n) is 8.82. The SMILES string of the molecule is O=C(O)C1CC(Oc2c(F)cccc2F)CN1. The Bertz CT molecular complexity index is 418. The molecule has 0 amide bonds. The fourth-order valence-electron chi connectivity index (χ4n) is 1.74. The van der Waals surface area contributed by atoms with Gasteiger partial charge in [0, 0.05) is 13.0 Å². The molecule has 1 saturated heterocycles. The zero-order valence-corrected chi connectivity index (χ0v) is 8.82. The fourth-order valence-corrected chi connectivity index (χ4v) is 1.74. The van der Waals surface area contributed by atoms with Crippen molar-refractivity contribution in [3.05, 3.63) is 29.8 Å². The first-order valence-corrected chi connectivity index (χ1v) is 5.15. The van der Waals surface area contributed by atoms with Gasteiger partial charge >= 0.3 is 5.97 Å². The van der Waals surface area contributed by atoms with Gasteiger partial charge in [-0.15, -0.1) is 0 Å². The van der Waals surface area contributed by atoms with Gasteiger partial charge in [0.2, 0.25) is 0 Å². The molecule has 2 unspecified atom stereocenters. The molecule has 0 saturated carbocycles. The highest BCUT2D eigenvalue weighted by Crippen LogP contribution is 2.24. The first kappa shape index (κ1) is 11.8. The molecule has 1 aliphatic rings. The minimum Gasteiger partial charge on any atom is -0.483 e. The van der Waals surface area contributed by atoms with Crippen LogP contribution in [0.2, 0.25) is 0 Å². The maximum atomic E-state index is 13.3. The van der Waals surface area contributed by atoms with Crippen molar-refractivity contribution in [1.82, 2.24) is 5.32 Å². The molecule has 1 aliphatic heterocycles. The van der Waals surface area contributed by atoms with Crippen molar-refractivity contribution in [3.63, 3.8) is 0 Å². The molecule has 0 radical (unpaired) electrons. The highest BCUT2D eigenvalue weighted by atomic mass is 19.1. The van der Waals surface area contributed by atoms with Gasteiger partial charge in [0.25, 0.3) is 0 Å². The minimum absolute atomic E-state index is 0.184. The molecule has 0 spiro atoms. The molecule has 0 aliphatic carbocycles. The molecule has 1 fully saturated rings. The van der Waals surface area contributed by atoms with E-state index in [0.717, 1.165) is 12.1 Å². The lowest BCUT2D eigenvalue weighted by Crippen LogP contribution is -2.30. The summed E-state index contributed by atoms with van der Waals surface area (Å²) in [5, 5.41) is 11.4. The number of carbonyl (C=O) groups is 1.